The Bertz CT molecular complexity index is 1130. The lowest BCUT2D eigenvalue weighted by Crippen LogP contribution is -2.30. The third kappa shape index (κ3) is 2.81. The molecule has 2 N–H and O–H groups in total. The second-order valence-corrected chi connectivity index (χ2v) is 8.68. The minimum atomic E-state index is -3.85. The molecule has 2 aliphatic heterocycles. The van der Waals surface area contributed by atoms with Crippen molar-refractivity contribution in [3.05, 3.63) is 70.9 Å². The van der Waals surface area contributed by atoms with Crippen molar-refractivity contribution >= 4 is 27.5 Å². The van der Waals surface area contributed by atoms with Crippen LogP contribution in [0, 0.1) is 0 Å². The first kappa shape index (κ1) is 18.4. The number of hydrogen-bond acceptors (Lipinski definition) is 6. The molecule has 0 amide bonds. The smallest absolute Gasteiger partial charge is 0.340 e. The molecule has 1 aromatic rings. The predicted molar refractivity (Wildman–Crippen MR) is 100 cm³/mol. The van der Waals surface area contributed by atoms with Crippen LogP contribution in [0.4, 0.5) is 0 Å². The highest BCUT2D eigenvalue weighted by atomic mass is 32.2. The van der Waals surface area contributed by atoms with Gasteiger partial charge in [0.25, 0.3) is 0 Å². The van der Waals surface area contributed by atoms with Crippen molar-refractivity contribution in [3.8, 4) is 0 Å². The Morgan fingerprint density at radius 3 is 2.36 bits per heavy atom. The van der Waals surface area contributed by atoms with Gasteiger partial charge in [-0.2, -0.15) is 0 Å². The van der Waals surface area contributed by atoms with Gasteiger partial charge in [-0.15, -0.1) is 0 Å². The molecule has 3 aliphatic rings. The zero-order valence-corrected chi connectivity index (χ0v) is 15.9. The number of nitrogens with two attached hydrogens (primary N) is 1. The summed E-state index contributed by atoms with van der Waals surface area (Å²) in [6.07, 6.45) is 6.45. The van der Waals surface area contributed by atoms with E-state index in [1.807, 2.05) is 0 Å². The highest BCUT2D eigenvalue weighted by Gasteiger charge is 2.48. The van der Waals surface area contributed by atoms with E-state index >= 15 is 0 Å². The van der Waals surface area contributed by atoms with Gasteiger partial charge in [0.05, 0.1) is 16.0 Å². The third-order valence-corrected chi connectivity index (χ3v) is 5.69. The number of fused-ring (bicyclic) bond motifs is 1. The number of carbonyl (C=O) groups is 2. The van der Waals surface area contributed by atoms with E-state index in [4.69, 9.17) is 14.6 Å². The fourth-order valence-corrected chi connectivity index (χ4v) is 3.89. The van der Waals surface area contributed by atoms with Gasteiger partial charge in [-0.3, -0.25) is 4.79 Å². The van der Waals surface area contributed by atoms with E-state index < -0.39 is 27.7 Å². The van der Waals surface area contributed by atoms with Crippen LogP contribution in [0.3, 0.4) is 0 Å². The summed E-state index contributed by atoms with van der Waals surface area (Å²) in [6, 6.07) is 5.63. The molecule has 4 rings (SSSR count). The van der Waals surface area contributed by atoms with Crippen molar-refractivity contribution in [3.63, 3.8) is 0 Å². The van der Waals surface area contributed by atoms with E-state index in [0.29, 0.717) is 11.1 Å². The van der Waals surface area contributed by atoms with Crippen molar-refractivity contribution in [2.24, 2.45) is 5.14 Å². The molecule has 8 heteroatoms. The Morgan fingerprint density at radius 2 is 1.71 bits per heavy atom. The molecule has 0 saturated heterocycles. The van der Waals surface area contributed by atoms with Crippen LogP contribution < -0.4 is 5.14 Å². The van der Waals surface area contributed by atoms with Gasteiger partial charge >= 0.3 is 5.97 Å². The molecular weight excluding hydrogens is 382 g/mol. The number of benzene rings is 1. The Balaban J connectivity index is 1.91. The number of ether oxygens (including phenoxy) is 2. The maximum absolute atomic E-state index is 13.1. The van der Waals surface area contributed by atoms with Gasteiger partial charge in [0.1, 0.15) is 11.9 Å². The molecule has 2 heterocycles. The summed E-state index contributed by atoms with van der Waals surface area (Å²) in [5.41, 5.74) is 0.183. The Hall–Kier alpha value is -2.97. The predicted octanol–water partition coefficient (Wildman–Crippen LogP) is 1.77. The van der Waals surface area contributed by atoms with E-state index in [0.717, 1.165) is 0 Å². The molecule has 0 fully saturated rings. The third-order valence-electron chi connectivity index (χ3n) is 4.76. The molecule has 0 saturated carbocycles. The summed E-state index contributed by atoms with van der Waals surface area (Å²) < 4.78 is 34.2. The fourth-order valence-electron chi connectivity index (χ4n) is 3.37. The minimum absolute atomic E-state index is 0.0651. The van der Waals surface area contributed by atoms with Crippen LogP contribution in [0.15, 0.2) is 70.2 Å². The number of ketones is 1. The van der Waals surface area contributed by atoms with Gasteiger partial charge in [0, 0.05) is 11.1 Å². The van der Waals surface area contributed by atoms with Crippen LogP contribution in [0.2, 0.25) is 0 Å². The monoisotopic (exact) mass is 399 g/mol. The molecule has 0 radical (unpaired) electrons. The molecule has 0 spiro atoms. The summed E-state index contributed by atoms with van der Waals surface area (Å²) in [5.74, 6) is -0.736. The highest BCUT2D eigenvalue weighted by molar-refractivity contribution is 7.89. The average molecular weight is 399 g/mol. The quantitative estimate of drug-likeness (QED) is 0.775. The Labute approximate surface area is 161 Å². The van der Waals surface area contributed by atoms with E-state index in [1.165, 1.54) is 24.3 Å². The molecule has 144 valence electrons. The molecular formula is C20H17NO6S. The topological polar surface area (TPSA) is 113 Å². The summed E-state index contributed by atoms with van der Waals surface area (Å²) in [4.78, 5) is 25.6. The van der Waals surface area contributed by atoms with Gasteiger partial charge in [0.2, 0.25) is 15.8 Å². The maximum Gasteiger partial charge on any atom is 0.340 e. The Morgan fingerprint density at radius 1 is 1.04 bits per heavy atom. The van der Waals surface area contributed by atoms with Crippen LogP contribution in [-0.4, -0.2) is 31.9 Å². The number of Topliss-reactive ketones (excluding diaryl/α,β-unsaturated/α-hetero) is 1. The number of rotatable bonds is 3. The van der Waals surface area contributed by atoms with Crippen molar-refractivity contribution in [1.82, 2.24) is 0 Å². The number of esters is 1. The second kappa shape index (κ2) is 6.02. The molecule has 1 aliphatic carbocycles. The zero-order valence-electron chi connectivity index (χ0n) is 15.1. The van der Waals surface area contributed by atoms with Crippen LogP contribution >= 0.6 is 0 Å². The van der Waals surface area contributed by atoms with Gasteiger partial charge < -0.3 is 9.47 Å². The first-order valence-corrected chi connectivity index (χ1v) is 10.1. The maximum atomic E-state index is 13.1. The molecule has 7 nitrogen and oxygen atoms in total. The molecule has 0 bridgehead atoms. The fraction of sp³-hybridized carbons (Fsp3) is 0.200. The summed E-state index contributed by atoms with van der Waals surface area (Å²) in [5, 5.41) is 5.14. The first-order valence-electron chi connectivity index (χ1n) is 8.51. The van der Waals surface area contributed by atoms with E-state index in [1.54, 1.807) is 38.2 Å². The SMILES string of the molecule is CC1(C)OC(c2ccc(S(N)(=O)=O)cc2)=C(C2=C3C=CC=CC3OC2=O)C1=O. The largest absolute Gasteiger partial charge is 0.478 e. The molecule has 1 unspecified atom stereocenters. The molecule has 28 heavy (non-hydrogen) atoms. The van der Waals surface area contributed by atoms with Crippen LogP contribution in [0.1, 0.15) is 19.4 Å². The molecule has 1 aromatic carbocycles. The average Bonchev–Trinajstić information content (AvgIpc) is 3.07. The normalized spacial score (nSPS) is 23.2. The second-order valence-electron chi connectivity index (χ2n) is 7.12. The van der Waals surface area contributed by atoms with Crippen molar-refractivity contribution in [2.45, 2.75) is 30.4 Å². The number of allylic oxidation sites excluding steroid dienone is 2. The first-order chi connectivity index (χ1) is 13.1. The summed E-state index contributed by atoms with van der Waals surface area (Å²) >= 11 is 0. The van der Waals surface area contributed by atoms with Crippen molar-refractivity contribution < 1.29 is 27.5 Å². The number of primary sulfonamides is 1. The molecule has 0 aromatic heterocycles. The van der Waals surface area contributed by atoms with Crippen molar-refractivity contribution in [1.29, 1.82) is 0 Å². The van der Waals surface area contributed by atoms with Crippen LogP contribution in [0.25, 0.3) is 5.76 Å². The van der Waals surface area contributed by atoms with E-state index in [9.17, 15) is 18.0 Å². The number of carbonyl (C=O) groups excluding carboxylic acids is 2. The van der Waals surface area contributed by atoms with E-state index in [2.05, 4.69) is 0 Å². The standard InChI is InChI=1S/C20H17NO6S/c1-20(2)18(22)16(15-13-5-3-4-6-14(13)26-19(15)23)17(27-20)11-7-9-12(10-8-11)28(21,24)25/h3-10,14H,1-2H3,(H2,21,24,25). The number of hydrogen-bond donors (Lipinski definition) is 1. The summed E-state index contributed by atoms with van der Waals surface area (Å²) in [6.45, 7) is 3.22. The minimum Gasteiger partial charge on any atom is -0.478 e. The highest BCUT2D eigenvalue weighted by Crippen LogP contribution is 2.43. The lowest BCUT2D eigenvalue weighted by molar-refractivity contribution is -0.138. The van der Waals surface area contributed by atoms with E-state index in [-0.39, 0.29) is 27.6 Å². The van der Waals surface area contributed by atoms with Gasteiger partial charge in [-0.1, -0.05) is 18.2 Å². The zero-order chi connectivity index (χ0) is 20.3. The summed E-state index contributed by atoms with van der Waals surface area (Å²) in [7, 11) is -3.85. The lowest BCUT2D eigenvalue weighted by Gasteiger charge is -2.17. The Kier molecular flexibility index (Phi) is 3.95. The van der Waals surface area contributed by atoms with Gasteiger partial charge in [-0.05, 0) is 44.2 Å². The van der Waals surface area contributed by atoms with Crippen LogP contribution in [0.5, 0.6) is 0 Å². The molecule has 1 atom stereocenters. The van der Waals surface area contributed by atoms with Crippen molar-refractivity contribution in [2.75, 3.05) is 0 Å². The lowest BCUT2D eigenvalue weighted by atomic mass is 9.88. The van der Waals surface area contributed by atoms with Gasteiger partial charge in [0.15, 0.2) is 5.60 Å². The van der Waals surface area contributed by atoms with Crippen LogP contribution in [-0.2, 0) is 29.1 Å². The number of sulfonamides is 1. The van der Waals surface area contributed by atoms with Gasteiger partial charge in [-0.25, -0.2) is 18.4 Å².